The number of ether oxygens (including phenoxy) is 1. The number of hydrogen-bond donors (Lipinski definition) is 3. The molecule has 4 N–H and O–H groups in total. The van der Waals surface area contributed by atoms with E-state index in [0.29, 0.717) is 0 Å². The number of nitrogens with zero attached hydrogens (tertiary/aromatic N) is 1. The number of carbonyl (C=O) groups excluding carboxylic acids is 2. The molecular weight excluding hydrogens is 474 g/mol. The highest BCUT2D eigenvalue weighted by Crippen LogP contribution is 2.47. The van der Waals surface area contributed by atoms with E-state index in [0.717, 1.165) is 24.5 Å². The van der Waals surface area contributed by atoms with Crippen LogP contribution in [0.3, 0.4) is 0 Å². The number of aliphatic hydroxyl groups is 1. The van der Waals surface area contributed by atoms with Gasteiger partial charge in [0.05, 0.1) is 18.5 Å². The van der Waals surface area contributed by atoms with Gasteiger partial charge in [-0.05, 0) is 49.4 Å². The Bertz CT molecular complexity index is 1280. The van der Waals surface area contributed by atoms with Gasteiger partial charge in [-0.1, -0.05) is 0 Å². The number of fused-ring (bicyclic) bond motifs is 1. The van der Waals surface area contributed by atoms with Crippen molar-refractivity contribution < 1.29 is 41.4 Å². The molecule has 1 aromatic carbocycles. The Labute approximate surface area is 195 Å². The molecule has 0 bridgehead atoms. The molecule has 3 heterocycles. The van der Waals surface area contributed by atoms with Crippen LogP contribution in [0.2, 0.25) is 0 Å². The lowest BCUT2D eigenvalue weighted by Gasteiger charge is -2.31. The number of benzene rings is 1. The second-order valence-electron chi connectivity index (χ2n) is 8.24. The number of carbonyl (C=O) groups is 2. The Balaban J connectivity index is 1.87. The molecule has 0 spiro atoms. The number of furan rings is 1. The summed E-state index contributed by atoms with van der Waals surface area (Å²) in [6, 6.07) is 8.14. The molecule has 12 heteroatoms. The maximum absolute atomic E-state index is 14.2. The first-order valence-corrected chi connectivity index (χ1v) is 10.2. The number of halogens is 4. The molecule has 0 saturated heterocycles. The summed E-state index contributed by atoms with van der Waals surface area (Å²) in [5.74, 6) is -2.76. The zero-order chi connectivity index (χ0) is 25.6. The summed E-state index contributed by atoms with van der Waals surface area (Å²) in [6.45, 7) is -0.222. The zero-order valence-electron chi connectivity index (χ0n) is 18.1. The standard InChI is InChI=1S/C23H19F4N3O5/c1-21(20(28)32)11-35-18-14(21)9-16(30-17(18)12-4-6-13(24)7-5-12)22(33,23(25,26)27)10-29-19(31)15-3-2-8-34-15/h2-9,33H,10-11H2,1H3,(H2,28,32)(H,29,31)/t21-,22?/m0/s1. The molecule has 3 aromatic rings. The monoisotopic (exact) mass is 493 g/mol. The van der Waals surface area contributed by atoms with Gasteiger partial charge in [-0.2, -0.15) is 13.2 Å². The lowest BCUT2D eigenvalue weighted by atomic mass is 9.81. The molecular formula is C23H19F4N3O5. The normalized spacial score (nSPS) is 18.9. The van der Waals surface area contributed by atoms with E-state index in [-0.39, 0.29) is 34.9 Å². The minimum atomic E-state index is -5.31. The van der Waals surface area contributed by atoms with E-state index in [1.807, 2.05) is 5.32 Å². The van der Waals surface area contributed by atoms with Gasteiger partial charge < -0.3 is 25.3 Å². The summed E-state index contributed by atoms with van der Waals surface area (Å²) in [5, 5.41) is 12.9. The quantitative estimate of drug-likeness (QED) is 0.453. The van der Waals surface area contributed by atoms with Gasteiger partial charge in [0.25, 0.3) is 5.91 Å². The second kappa shape index (κ2) is 8.38. The van der Waals surface area contributed by atoms with Crippen molar-refractivity contribution in [3.63, 3.8) is 0 Å². The SMILES string of the molecule is C[C@]1(C(N)=O)COc2c1cc(C(O)(CNC(=O)c1ccco1)C(F)(F)F)nc2-c1ccc(F)cc1. The van der Waals surface area contributed by atoms with E-state index in [1.54, 1.807) is 0 Å². The Hall–Kier alpha value is -3.93. The van der Waals surface area contributed by atoms with Gasteiger partial charge >= 0.3 is 6.18 Å². The predicted molar refractivity (Wildman–Crippen MR) is 113 cm³/mol. The highest BCUT2D eigenvalue weighted by atomic mass is 19.4. The second-order valence-corrected chi connectivity index (χ2v) is 8.24. The van der Waals surface area contributed by atoms with E-state index in [9.17, 15) is 32.3 Å². The van der Waals surface area contributed by atoms with E-state index < -0.39 is 47.1 Å². The molecule has 4 rings (SSSR count). The van der Waals surface area contributed by atoms with Crippen LogP contribution in [-0.4, -0.2) is 41.2 Å². The van der Waals surface area contributed by atoms with Crippen LogP contribution in [0.25, 0.3) is 11.3 Å². The van der Waals surface area contributed by atoms with Gasteiger partial charge in [0.2, 0.25) is 11.5 Å². The smallest absolute Gasteiger partial charge is 0.424 e. The van der Waals surface area contributed by atoms with Crippen molar-refractivity contribution in [3.8, 4) is 17.0 Å². The van der Waals surface area contributed by atoms with Gasteiger partial charge in [-0.25, -0.2) is 9.37 Å². The zero-order valence-corrected chi connectivity index (χ0v) is 18.1. The summed E-state index contributed by atoms with van der Waals surface area (Å²) in [6.07, 6.45) is -4.15. The highest BCUT2D eigenvalue weighted by molar-refractivity contribution is 5.91. The molecule has 0 saturated carbocycles. The Morgan fingerprint density at radius 2 is 1.91 bits per heavy atom. The first-order valence-electron chi connectivity index (χ1n) is 10.2. The van der Waals surface area contributed by atoms with E-state index in [2.05, 4.69) is 4.98 Å². The predicted octanol–water partition coefficient (Wildman–Crippen LogP) is 2.80. The molecule has 0 aliphatic carbocycles. The summed E-state index contributed by atoms with van der Waals surface area (Å²) < 4.78 is 66.6. The van der Waals surface area contributed by atoms with E-state index in [1.165, 1.54) is 31.2 Å². The number of primary amides is 1. The van der Waals surface area contributed by atoms with Crippen LogP contribution in [0, 0.1) is 5.82 Å². The molecule has 1 aliphatic rings. The molecule has 184 valence electrons. The third-order valence-electron chi connectivity index (χ3n) is 5.88. The van der Waals surface area contributed by atoms with Gasteiger partial charge in [-0.3, -0.25) is 9.59 Å². The molecule has 8 nitrogen and oxygen atoms in total. The van der Waals surface area contributed by atoms with Crippen molar-refractivity contribution in [2.24, 2.45) is 5.73 Å². The van der Waals surface area contributed by atoms with Crippen LogP contribution in [0.1, 0.15) is 28.7 Å². The fourth-order valence-electron chi connectivity index (χ4n) is 3.64. The number of hydrogen-bond acceptors (Lipinski definition) is 6. The van der Waals surface area contributed by atoms with Gasteiger partial charge in [0.15, 0.2) is 5.76 Å². The lowest BCUT2D eigenvalue weighted by molar-refractivity contribution is -0.265. The summed E-state index contributed by atoms with van der Waals surface area (Å²) in [5.41, 5.74) is -0.649. The molecule has 1 aliphatic heterocycles. The van der Waals surface area contributed by atoms with E-state index >= 15 is 0 Å². The van der Waals surface area contributed by atoms with Crippen LogP contribution in [0.15, 0.2) is 53.1 Å². The third-order valence-corrected chi connectivity index (χ3v) is 5.88. The van der Waals surface area contributed by atoms with Crippen LogP contribution in [-0.2, 0) is 15.8 Å². The van der Waals surface area contributed by atoms with Crippen molar-refractivity contribution >= 4 is 11.8 Å². The molecule has 2 amide bonds. The summed E-state index contributed by atoms with van der Waals surface area (Å²) in [7, 11) is 0. The number of aromatic nitrogens is 1. The number of rotatable bonds is 6. The van der Waals surface area contributed by atoms with E-state index in [4.69, 9.17) is 14.9 Å². The Morgan fingerprint density at radius 3 is 2.49 bits per heavy atom. The number of amides is 2. The highest BCUT2D eigenvalue weighted by Gasteiger charge is 2.57. The lowest BCUT2D eigenvalue weighted by Crippen LogP contribution is -2.51. The van der Waals surface area contributed by atoms with Crippen molar-refractivity contribution in [2.75, 3.05) is 13.2 Å². The average molecular weight is 493 g/mol. The molecule has 2 atom stereocenters. The third kappa shape index (κ3) is 4.09. The largest absolute Gasteiger partial charge is 0.489 e. The molecule has 0 radical (unpaired) electrons. The van der Waals surface area contributed by atoms with Crippen LogP contribution < -0.4 is 15.8 Å². The number of pyridine rings is 1. The number of nitrogens with one attached hydrogen (secondary N) is 1. The van der Waals surface area contributed by atoms with Crippen LogP contribution >= 0.6 is 0 Å². The maximum atomic E-state index is 14.2. The molecule has 0 fully saturated rings. The van der Waals surface area contributed by atoms with Gasteiger partial charge in [-0.15, -0.1) is 0 Å². The fourth-order valence-corrected chi connectivity index (χ4v) is 3.64. The first-order chi connectivity index (χ1) is 16.4. The fraction of sp³-hybridized carbons (Fsp3) is 0.261. The van der Waals surface area contributed by atoms with Gasteiger partial charge in [0, 0.05) is 11.1 Å². The van der Waals surface area contributed by atoms with Crippen molar-refractivity contribution in [1.82, 2.24) is 10.3 Å². The Kier molecular flexibility index (Phi) is 5.79. The van der Waals surface area contributed by atoms with Crippen LogP contribution in [0.4, 0.5) is 17.6 Å². The van der Waals surface area contributed by atoms with Crippen LogP contribution in [0.5, 0.6) is 5.75 Å². The minimum absolute atomic E-state index is 0.0224. The van der Waals surface area contributed by atoms with Gasteiger partial charge in [0.1, 0.15) is 29.3 Å². The average Bonchev–Trinajstić information content (AvgIpc) is 3.46. The molecule has 1 unspecified atom stereocenters. The van der Waals surface area contributed by atoms with Crippen molar-refractivity contribution in [1.29, 1.82) is 0 Å². The molecule has 35 heavy (non-hydrogen) atoms. The summed E-state index contributed by atoms with van der Waals surface area (Å²) in [4.78, 5) is 28.4. The maximum Gasteiger partial charge on any atom is 0.424 e. The Morgan fingerprint density at radius 1 is 1.23 bits per heavy atom. The van der Waals surface area contributed by atoms with Crippen molar-refractivity contribution in [3.05, 3.63) is 71.6 Å². The topological polar surface area (TPSA) is 128 Å². The first kappa shape index (κ1) is 24.2. The number of nitrogens with two attached hydrogens (primary N) is 1. The minimum Gasteiger partial charge on any atom is -0.489 e. The van der Waals surface area contributed by atoms with Crippen molar-refractivity contribution in [2.45, 2.75) is 24.1 Å². The number of alkyl halides is 3. The summed E-state index contributed by atoms with van der Waals surface area (Å²) >= 11 is 0. The molecule has 2 aromatic heterocycles.